The molecule has 0 saturated carbocycles. The lowest BCUT2D eigenvalue weighted by Gasteiger charge is -2.32. The Balaban J connectivity index is 2.07. The molecule has 0 heterocycles. The quantitative estimate of drug-likeness (QED) is 0.326. The zero-order valence-corrected chi connectivity index (χ0v) is 25.0. The minimum atomic E-state index is -4.26. The summed E-state index contributed by atoms with van der Waals surface area (Å²) in [6, 6.07) is 17.3. The fourth-order valence-electron chi connectivity index (χ4n) is 4.22. The number of nitrogens with one attached hydrogen (secondary N) is 1. The number of carbonyl (C=O) groups is 2. The second-order valence-corrected chi connectivity index (χ2v) is 11.2. The minimum absolute atomic E-state index is 0.0620. The lowest BCUT2D eigenvalue weighted by molar-refractivity contribution is -0.139. The third-order valence-corrected chi connectivity index (χ3v) is 8.32. The summed E-state index contributed by atoms with van der Waals surface area (Å²) in [5.41, 5.74) is 1.94. The number of carbonyl (C=O) groups excluding carboxylic acids is 2. The molecule has 0 unspecified atom stereocenters. The van der Waals surface area contributed by atoms with Crippen molar-refractivity contribution in [2.24, 2.45) is 0 Å². The molecular formula is C30H37N3O7S. The van der Waals surface area contributed by atoms with Crippen LogP contribution in [0.1, 0.15) is 25.0 Å². The van der Waals surface area contributed by atoms with Crippen LogP contribution in [0.5, 0.6) is 17.2 Å². The van der Waals surface area contributed by atoms with Crippen LogP contribution < -0.4 is 23.8 Å². The predicted molar refractivity (Wildman–Crippen MR) is 157 cm³/mol. The van der Waals surface area contributed by atoms with Crippen LogP contribution in [-0.4, -0.2) is 65.6 Å². The molecule has 0 spiro atoms. The van der Waals surface area contributed by atoms with Gasteiger partial charge in [-0.2, -0.15) is 0 Å². The van der Waals surface area contributed by atoms with E-state index in [4.69, 9.17) is 14.2 Å². The summed E-state index contributed by atoms with van der Waals surface area (Å²) >= 11 is 0. The van der Waals surface area contributed by atoms with Crippen LogP contribution in [0.3, 0.4) is 0 Å². The van der Waals surface area contributed by atoms with Gasteiger partial charge in [-0.25, -0.2) is 8.42 Å². The van der Waals surface area contributed by atoms with Gasteiger partial charge in [-0.05, 0) is 62.7 Å². The van der Waals surface area contributed by atoms with Gasteiger partial charge in [-0.3, -0.25) is 13.9 Å². The van der Waals surface area contributed by atoms with E-state index in [9.17, 15) is 18.0 Å². The third-order valence-electron chi connectivity index (χ3n) is 6.55. The van der Waals surface area contributed by atoms with Crippen molar-refractivity contribution in [3.63, 3.8) is 0 Å². The van der Waals surface area contributed by atoms with Gasteiger partial charge in [0.25, 0.3) is 10.0 Å². The van der Waals surface area contributed by atoms with Gasteiger partial charge in [0.1, 0.15) is 18.3 Å². The molecule has 2 amide bonds. The van der Waals surface area contributed by atoms with Crippen molar-refractivity contribution in [3.8, 4) is 17.2 Å². The fourth-order valence-corrected chi connectivity index (χ4v) is 5.65. The first kappa shape index (κ1) is 31.3. The maximum atomic E-state index is 14.1. The van der Waals surface area contributed by atoms with Crippen molar-refractivity contribution in [2.45, 2.75) is 38.3 Å². The Labute approximate surface area is 241 Å². The summed E-state index contributed by atoms with van der Waals surface area (Å²) in [6.45, 7) is 5.18. The first-order chi connectivity index (χ1) is 19.5. The van der Waals surface area contributed by atoms with Gasteiger partial charge in [0.05, 0.1) is 31.9 Å². The second kappa shape index (κ2) is 13.9. The van der Waals surface area contributed by atoms with Crippen LogP contribution in [0.25, 0.3) is 0 Å². The van der Waals surface area contributed by atoms with Gasteiger partial charge in [0, 0.05) is 19.2 Å². The molecule has 1 atom stereocenters. The van der Waals surface area contributed by atoms with Crippen molar-refractivity contribution < 1.29 is 32.2 Å². The number of hydrogen-bond donors (Lipinski definition) is 1. The molecule has 0 radical (unpaired) electrons. The van der Waals surface area contributed by atoms with Crippen LogP contribution in [0.2, 0.25) is 0 Å². The number of methoxy groups -OCH3 is 3. The molecule has 220 valence electrons. The van der Waals surface area contributed by atoms with Crippen molar-refractivity contribution in [2.75, 3.05) is 38.7 Å². The molecule has 1 N–H and O–H groups in total. The average Bonchev–Trinajstić information content (AvgIpc) is 2.98. The van der Waals surface area contributed by atoms with Gasteiger partial charge in [-0.1, -0.05) is 29.8 Å². The van der Waals surface area contributed by atoms with E-state index in [1.54, 1.807) is 56.3 Å². The van der Waals surface area contributed by atoms with Crippen LogP contribution in [0, 0.1) is 6.92 Å². The number of sulfonamides is 1. The average molecular weight is 584 g/mol. The third kappa shape index (κ3) is 7.49. The minimum Gasteiger partial charge on any atom is -0.497 e. The van der Waals surface area contributed by atoms with E-state index >= 15 is 0 Å². The number of nitrogens with zero attached hydrogens (tertiary/aromatic N) is 2. The van der Waals surface area contributed by atoms with E-state index < -0.39 is 28.5 Å². The van der Waals surface area contributed by atoms with E-state index in [-0.39, 0.29) is 23.1 Å². The number of rotatable bonds is 13. The van der Waals surface area contributed by atoms with Gasteiger partial charge >= 0.3 is 0 Å². The van der Waals surface area contributed by atoms with Gasteiger partial charge < -0.3 is 24.4 Å². The van der Waals surface area contributed by atoms with E-state index in [1.807, 2.05) is 13.0 Å². The molecule has 0 aliphatic heterocycles. The Morgan fingerprint density at radius 1 is 0.902 bits per heavy atom. The molecule has 0 aliphatic rings. The highest BCUT2D eigenvalue weighted by atomic mass is 32.2. The zero-order chi connectivity index (χ0) is 30.2. The second-order valence-electron chi connectivity index (χ2n) is 9.31. The largest absolute Gasteiger partial charge is 0.497 e. The first-order valence-electron chi connectivity index (χ1n) is 13.1. The lowest BCUT2D eigenvalue weighted by atomic mass is 10.1. The predicted octanol–water partition coefficient (Wildman–Crippen LogP) is 3.77. The maximum Gasteiger partial charge on any atom is 0.264 e. The van der Waals surface area contributed by atoms with Crippen molar-refractivity contribution >= 4 is 27.5 Å². The molecular weight excluding hydrogens is 546 g/mol. The van der Waals surface area contributed by atoms with Gasteiger partial charge in [-0.15, -0.1) is 0 Å². The van der Waals surface area contributed by atoms with Gasteiger partial charge in [0.15, 0.2) is 11.5 Å². The zero-order valence-electron chi connectivity index (χ0n) is 24.2. The van der Waals surface area contributed by atoms with E-state index in [0.717, 1.165) is 15.4 Å². The summed E-state index contributed by atoms with van der Waals surface area (Å²) in [7, 11) is 0.142. The topological polar surface area (TPSA) is 114 Å². The van der Waals surface area contributed by atoms with Crippen LogP contribution in [0.15, 0.2) is 71.6 Å². The summed E-state index contributed by atoms with van der Waals surface area (Å²) < 4.78 is 45.0. The van der Waals surface area contributed by atoms with Gasteiger partial charge in [0.2, 0.25) is 11.8 Å². The van der Waals surface area contributed by atoms with Crippen LogP contribution in [0.4, 0.5) is 5.69 Å². The summed E-state index contributed by atoms with van der Waals surface area (Å²) in [5.74, 6) is 0.278. The number of likely N-dealkylation sites (N-methyl/N-ethyl adjacent to an activating group) is 1. The SMILES string of the molecule is CCNC(=O)[C@H](C)N(Cc1cccc(OC)c1)C(=O)CN(c1ccc(C)cc1)S(=O)(=O)c1ccc(OC)c(OC)c1. The highest BCUT2D eigenvalue weighted by Gasteiger charge is 2.33. The molecule has 0 aliphatic carbocycles. The highest BCUT2D eigenvalue weighted by molar-refractivity contribution is 7.92. The summed E-state index contributed by atoms with van der Waals surface area (Å²) in [6.07, 6.45) is 0. The maximum absolute atomic E-state index is 14.1. The van der Waals surface area contributed by atoms with E-state index in [2.05, 4.69) is 5.32 Å². The van der Waals surface area contributed by atoms with Crippen molar-refractivity contribution in [1.29, 1.82) is 0 Å². The number of aryl methyl sites for hydroxylation is 1. The Kier molecular flexibility index (Phi) is 10.6. The molecule has 3 rings (SSSR count). The molecule has 3 aromatic rings. The molecule has 11 heteroatoms. The molecule has 41 heavy (non-hydrogen) atoms. The molecule has 0 bridgehead atoms. The molecule has 10 nitrogen and oxygen atoms in total. The Hall–Kier alpha value is -4.25. The summed E-state index contributed by atoms with van der Waals surface area (Å²) in [5, 5.41) is 2.74. The number of anilines is 1. The van der Waals surface area contributed by atoms with E-state index in [0.29, 0.717) is 23.7 Å². The van der Waals surface area contributed by atoms with Crippen LogP contribution in [-0.2, 0) is 26.2 Å². The molecule has 0 aromatic heterocycles. The normalized spacial score (nSPS) is 11.8. The molecule has 0 fully saturated rings. The number of benzene rings is 3. The van der Waals surface area contributed by atoms with Crippen molar-refractivity contribution in [3.05, 3.63) is 77.9 Å². The molecule has 0 saturated heterocycles. The standard InChI is InChI=1S/C30H37N3O7S/c1-7-31-30(35)22(3)32(19-23-9-8-10-25(17-23)38-4)29(34)20-33(24-13-11-21(2)12-14-24)41(36,37)26-15-16-27(39-5)28(18-26)40-6/h8-18,22H,7,19-20H2,1-6H3,(H,31,35)/t22-/m0/s1. The number of amides is 2. The Bertz CT molecular complexity index is 1460. The molecule has 3 aromatic carbocycles. The van der Waals surface area contributed by atoms with Crippen LogP contribution >= 0.6 is 0 Å². The monoisotopic (exact) mass is 583 g/mol. The first-order valence-corrected chi connectivity index (χ1v) is 14.5. The number of ether oxygens (including phenoxy) is 3. The van der Waals surface area contributed by atoms with Crippen molar-refractivity contribution in [1.82, 2.24) is 10.2 Å². The lowest BCUT2D eigenvalue weighted by Crippen LogP contribution is -2.51. The Morgan fingerprint density at radius 2 is 1.59 bits per heavy atom. The Morgan fingerprint density at radius 3 is 2.20 bits per heavy atom. The smallest absolute Gasteiger partial charge is 0.264 e. The summed E-state index contributed by atoms with van der Waals surface area (Å²) in [4.78, 5) is 28.1. The number of hydrogen-bond acceptors (Lipinski definition) is 7. The fraction of sp³-hybridized carbons (Fsp3) is 0.333. The van der Waals surface area contributed by atoms with E-state index in [1.165, 1.54) is 44.4 Å². The highest BCUT2D eigenvalue weighted by Crippen LogP contribution is 2.32.